The number of piperidine rings is 1. The molecule has 0 unspecified atom stereocenters. The summed E-state index contributed by atoms with van der Waals surface area (Å²) in [7, 11) is 0. The number of aliphatic hydroxyl groups excluding tert-OH is 1. The summed E-state index contributed by atoms with van der Waals surface area (Å²) < 4.78 is 5.79. The molecule has 0 atom stereocenters. The third kappa shape index (κ3) is 4.61. The molecule has 148 valence electrons. The molecule has 1 aliphatic heterocycles. The van der Waals surface area contributed by atoms with Crippen molar-refractivity contribution in [3.8, 4) is 11.3 Å². The highest BCUT2D eigenvalue weighted by atomic mass is 35.5. The summed E-state index contributed by atoms with van der Waals surface area (Å²) in [5.41, 5.74) is 2.52. The molecule has 4 rings (SSSR count). The van der Waals surface area contributed by atoms with Gasteiger partial charge >= 0.3 is 0 Å². The highest BCUT2D eigenvalue weighted by Crippen LogP contribution is 2.29. The molecule has 1 aromatic heterocycles. The molecule has 0 amide bonds. The van der Waals surface area contributed by atoms with Crippen LogP contribution in [0.1, 0.15) is 29.0 Å². The van der Waals surface area contributed by atoms with Crippen LogP contribution in [0.4, 0.5) is 5.69 Å². The Bertz CT molecular complexity index is 1010. The van der Waals surface area contributed by atoms with Crippen molar-refractivity contribution in [3.63, 3.8) is 0 Å². The van der Waals surface area contributed by atoms with E-state index < -0.39 is 0 Å². The molecule has 1 aliphatic rings. The third-order valence-corrected chi connectivity index (χ3v) is 5.48. The fourth-order valence-corrected chi connectivity index (χ4v) is 3.69. The number of benzene rings is 2. The number of rotatable bonds is 5. The molecular weight excluding hydrogens is 386 g/mol. The van der Waals surface area contributed by atoms with Crippen molar-refractivity contribution in [3.05, 3.63) is 83.1 Å². The van der Waals surface area contributed by atoms with Gasteiger partial charge in [-0.1, -0.05) is 23.7 Å². The van der Waals surface area contributed by atoms with Crippen molar-refractivity contribution in [1.29, 1.82) is 0 Å². The van der Waals surface area contributed by atoms with E-state index in [2.05, 4.69) is 4.90 Å². The Morgan fingerprint density at radius 3 is 2.48 bits per heavy atom. The number of carbonyl (C=O) groups excluding carboxylic acids is 1. The van der Waals surface area contributed by atoms with Crippen molar-refractivity contribution >= 4 is 29.1 Å². The molecule has 1 N–H and O–H groups in total. The zero-order chi connectivity index (χ0) is 20.2. The maximum atomic E-state index is 12.5. The quantitative estimate of drug-likeness (QED) is 0.451. The van der Waals surface area contributed by atoms with Crippen LogP contribution in [0, 0.1) is 0 Å². The summed E-state index contributed by atoms with van der Waals surface area (Å²) in [5.74, 6) is 1.18. The van der Waals surface area contributed by atoms with Crippen LogP contribution in [0.5, 0.6) is 0 Å². The average Bonchev–Trinajstić information content (AvgIpc) is 3.22. The van der Waals surface area contributed by atoms with Crippen molar-refractivity contribution in [2.24, 2.45) is 0 Å². The largest absolute Gasteiger partial charge is 0.457 e. The zero-order valence-electron chi connectivity index (χ0n) is 15.9. The Hall–Kier alpha value is -2.82. The molecule has 29 heavy (non-hydrogen) atoms. The van der Waals surface area contributed by atoms with Crippen LogP contribution < -0.4 is 4.90 Å². The number of halogens is 1. The first-order valence-corrected chi connectivity index (χ1v) is 10.1. The van der Waals surface area contributed by atoms with Gasteiger partial charge in [0.1, 0.15) is 11.5 Å². The summed E-state index contributed by atoms with van der Waals surface area (Å²) in [4.78, 5) is 14.7. The van der Waals surface area contributed by atoms with Crippen molar-refractivity contribution < 1.29 is 14.3 Å². The van der Waals surface area contributed by atoms with E-state index in [9.17, 15) is 9.90 Å². The van der Waals surface area contributed by atoms with Gasteiger partial charge in [-0.3, -0.25) is 4.79 Å². The number of allylic oxidation sites excluding steroid dienone is 1. The molecule has 0 saturated carbocycles. The minimum absolute atomic E-state index is 0.0821. The van der Waals surface area contributed by atoms with E-state index in [0.717, 1.165) is 37.2 Å². The van der Waals surface area contributed by atoms with Crippen LogP contribution in [0.15, 0.2) is 71.2 Å². The molecule has 0 spiro atoms. The maximum Gasteiger partial charge on any atom is 0.185 e. The van der Waals surface area contributed by atoms with Crippen LogP contribution in [-0.2, 0) is 0 Å². The summed E-state index contributed by atoms with van der Waals surface area (Å²) in [6, 6.07) is 18.7. The van der Waals surface area contributed by atoms with Gasteiger partial charge in [-0.05, 0) is 73.5 Å². The van der Waals surface area contributed by atoms with E-state index >= 15 is 0 Å². The number of hydrogen-bond donors (Lipinski definition) is 1. The Morgan fingerprint density at radius 2 is 1.76 bits per heavy atom. The molecule has 5 heteroatoms. The van der Waals surface area contributed by atoms with Gasteiger partial charge in [0.05, 0.1) is 11.1 Å². The second-order valence-corrected chi connectivity index (χ2v) is 7.55. The number of anilines is 1. The molecule has 2 heterocycles. The zero-order valence-corrected chi connectivity index (χ0v) is 16.7. The molecule has 2 aromatic carbocycles. The first-order chi connectivity index (χ1) is 14.1. The second kappa shape index (κ2) is 8.68. The van der Waals surface area contributed by atoms with Crippen LogP contribution in [0.2, 0.25) is 5.02 Å². The van der Waals surface area contributed by atoms with Gasteiger partial charge in [0, 0.05) is 29.9 Å². The van der Waals surface area contributed by atoms with Gasteiger partial charge in [0.25, 0.3) is 0 Å². The smallest absolute Gasteiger partial charge is 0.185 e. The first-order valence-electron chi connectivity index (χ1n) is 9.70. The summed E-state index contributed by atoms with van der Waals surface area (Å²) in [5, 5.41) is 10.3. The lowest BCUT2D eigenvalue weighted by atomic mass is 10.1. The Kier molecular flexibility index (Phi) is 5.84. The fraction of sp³-hybridized carbons (Fsp3) is 0.208. The van der Waals surface area contributed by atoms with Crippen molar-refractivity contribution in [2.45, 2.75) is 18.9 Å². The predicted molar refractivity (Wildman–Crippen MR) is 116 cm³/mol. The fourth-order valence-electron chi connectivity index (χ4n) is 3.46. The minimum Gasteiger partial charge on any atom is -0.457 e. The third-order valence-electron chi connectivity index (χ3n) is 5.15. The molecule has 1 fully saturated rings. The van der Waals surface area contributed by atoms with Crippen LogP contribution >= 0.6 is 11.6 Å². The van der Waals surface area contributed by atoms with E-state index in [0.29, 0.717) is 22.1 Å². The topological polar surface area (TPSA) is 53.7 Å². The summed E-state index contributed by atoms with van der Waals surface area (Å²) in [6.07, 6.45) is 4.55. The second-order valence-electron chi connectivity index (χ2n) is 7.14. The number of nitrogens with zero attached hydrogens (tertiary/aromatic N) is 1. The van der Waals surface area contributed by atoms with E-state index in [1.165, 1.54) is 6.08 Å². The van der Waals surface area contributed by atoms with Gasteiger partial charge in [0.2, 0.25) is 0 Å². The van der Waals surface area contributed by atoms with Gasteiger partial charge in [-0.25, -0.2) is 0 Å². The standard InChI is InChI=1S/C24H22ClNO3/c25-22-4-2-1-3-21(22)24-12-10-20(29-24)9-11-23(28)17-5-7-18(8-6-17)26-15-13-19(27)14-16-26/h1-12,19,27H,13-16H2/b11-9+. The molecule has 3 aromatic rings. The van der Waals surface area contributed by atoms with Crippen LogP contribution in [0.3, 0.4) is 0 Å². The van der Waals surface area contributed by atoms with E-state index in [-0.39, 0.29) is 11.9 Å². The van der Waals surface area contributed by atoms with E-state index in [1.807, 2.05) is 60.7 Å². The van der Waals surface area contributed by atoms with Gasteiger partial charge in [-0.2, -0.15) is 0 Å². The SMILES string of the molecule is O=C(/C=C/c1ccc(-c2ccccc2Cl)o1)c1ccc(N2CCC(O)CC2)cc1. The lowest BCUT2D eigenvalue weighted by molar-refractivity contribution is 0.104. The Balaban J connectivity index is 1.42. The first kappa shape index (κ1) is 19.5. The van der Waals surface area contributed by atoms with Gasteiger partial charge in [-0.15, -0.1) is 0 Å². The van der Waals surface area contributed by atoms with Gasteiger partial charge in [0.15, 0.2) is 5.78 Å². The molecule has 1 saturated heterocycles. The summed E-state index contributed by atoms with van der Waals surface area (Å²) >= 11 is 6.20. The lowest BCUT2D eigenvalue weighted by Crippen LogP contribution is -2.35. The predicted octanol–water partition coefficient (Wildman–Crippen LogP) is 5.46. The summed E-state index contributed by atoms with van der Waals surface area (Å²) in [6.45, 7) is 1.67. The molecular formula is C24H22ClNO3. The number of hydrogen-bond acceptors (Lipinski definition) is 4. The minimum atomic E-state index is -0.197. The molecule has 0 radical (unpaired) electrons. The highest BCUT2D eigenvalue weighted by molar-refractivity contribution is 6.33. The monoisotopic (exact) mass is 407 g/mol. The normalized spacial score (nSPS) is 15.2. The van der Waals surface area contributed by atoms with Crippen molar-refractivity contribution in [2.75, 3.05) is 18.0 Å². The average molecular weight is 408 g/mol. The molecule has 0 aliphatic carbocycles. The Labute approximate surface area is 175 Å². The number of ketones is 1. The van der Waals surface area contributed by atoms with Crippen molar-refractivity contribution in [1.82, 2.24) is 0 Å². The van der Waals surface area contributed by atoms with Gasteiger partial charge < -0.3 is 14.4 Å². The van der Waals surface area contributed by atoms with E-state index in [1.54, 1.807) is 6.08 Å². The highest BCUT2D eigenvalue weighted by Gasteiger charge is 2.17. The Morgan fingerprint density at radius 1 is 1.03 bits per heavy atom. The number of furan rings is 1. The number of carbonyl (C=O) groups is 1. The maximum absolute atomic E-state index is 12.5. The molecule has 0 bridgehead atoms. The number of aliphatic hydroxyl groups is 1. The van der Waals surface area contributed by atoms with Crippen LogP contribution in [0.25, 0.3) is 17.4 Å². The van der Waals surface area contributed by atoms with Crippen LogP contribution in [-0.4, -0.2) is 30.1 Å². The van der Waals surface area contributed by atoms with E-state index in [4.69, 9.17) is 16.0 Å². The molecule has 4 nitrogen and oxygen atoms in total. The lowest BCUT2D eigenvalue weighted by Gasteiger charge is -2.31.